The first-order valence-electron chi connectivity index (χ1n) is 7.00. The van der Waals surface area contributed by atoms with E-state index >= 15 is 0 Å². The number of carbonyl (C=O) groups is 1. The molecule has 1 spiro atoms. The van der Waals surface area contributed by atoms with Crippen molar-refractivity contribution in [1.82, 2.24) is 15.2 Å². The maximum atomic E-state index is 12.2. The minimum atomic E-state index is -0.0902. The molecule has 1 aromatic heterocycles. The molecule has 2 amide bonds. The number of pyridine rings is 1. The van der Waals surface area contributed by atoms with Gasteiger partial charge in [0.2, 0.25) is 0 Å². The van der Waals surface area contributed by atoms with E-state index in [1.54, 1.807) is 17.2 Å². The third-order valence-electron chi connectivity index (χ3n) is 4.57. The number of nitrogens with two attached hydrogens (primary N) is 1. The first kappa shape index (κ1) is 13.2. The van der Waals surface area contributed by atoms with Crippen LogP contribution in [0.1, 0.15) is 24.8 Å². The number of likely N-dealkylation sites (tertiary alicyclic amines) is 1. The number of aromatic hydroxyl groups is 1. The van der Waals surface area contributed by atoms with Crippen LogP contribution in [0.4, 0.5) is 4.79 Å². The fourth-order valence-electron chi connectivity index (χ4n) is 3.17. The molecule has 1 unspecified atom stereocenters. The highest BCUT2D eigenvalue weighted by atomic mass is 16.3. The molecule has 1 aliphatic heterocycles. The second-order valence-corrected chi connectivity index (χ2v) is 5.91. The van der Waals surface area contributed by atoms with Crippen molar-refractivity contribution >= 4 is 6.03 Å². The van der Waals surface area contributed by atoms with Gasteiger partial charge in [-0.3, -0.25) is 4.98 Å². The summed E-state index contributed by atoms with van der Waals surface area (Å²) in [6.07, 6.45) is 6.48. The van der Waals surface area contributed by atoms with Crippen LogP contribution < -0.4 is 11.1 Å². The van der Waals surface area contributed by atoms with Crippen molar-refractivity contribution in [2.45, 2.75) is 31.8 Å². The van der Waals surface area contributed by atoms with Crippen molar-refractivity contribution in [1.29, 1.82) is 0 Å². The third-order valence-corrected chi connectivity index (χ3v) is 4.57. The molecule has 2 fully saturated rings. The Bertz CT molecular complexity index is 516. The minimum Gasteiger partial charge on any atom is -0.506 e. The van der Waals surface area contributed by atoms with Crippen molar-refractivity contribution in [2.75, 3.05) is 13.1 Å². The Labute approximate surface area is 118 Å². The monoisotopic (exact) mass is 276 g/mol. The molecular weight excluding hydrogens is 256 g/mol. The Morgan fingerprint density at radius 2 is 2.35 bits per heavy atom. The van der Waals surface area contributed by atoms with Gasteiger partial charge in [-0.1, -0.05) is 6.42 Å². The average molecular weight is 276 g/mol. The third kappa shape index (κ3) is 2.31. The lowest BCUT2D eigenvalue weighted by atomic mass is 9.66. The van der Waals surface area contributed by atoms with Crippen LogP contribution in [0, 0.1) is 5.41 Å². The number of hydrogen-bond donors (Lipinski definition) is 3. The molecule has 6 nitrogen and oxygen atoms in total. The normalized spacial score (nSPS) is 23.6. The minimum absolute atomic E-state index is 0.0902. The van der Waals surface area contributed by atoms with Gasteiger partial charge in [0, 0.05) is 37.3 Å². The molecule has 0 bridgehead atoms. The van der Waals surface area contributed by atoms with Crippen LogP contribution in [0.2, 0.25) is 0 Å². The molecule has 2 heterocycles. The van der Waals surface area contributed by atoms with Gasteiger partial charge >= 0.3 is 6.03 Å². The number of carbonyl (C=O) groups excluding carboxylic acids is 1. The number of rotatable bonds is 2. The van der Waals surface area contributed by atoms with Crippen LogP contribution in [0.15, 0.2) is 18.5 Å². The molecule has 108 valence electrons. The van der Waals surface area contributed by atoms with E-state index in [4.69, 9.17) is 5.73 Å². The van der Waals surface area contributed by atoms with Crippen molar-refractivity contribution in [3.63, 3.8) is 0 Å². The lowest BCUT2D eigenvalue weighted by molar-refractivity contribution is 0.125. The van der Waals surface area contributed by atoms with Crippen LogP contribution >= 0.6 is 0 Å². The van der Waals surface area contributed by atoms with Crippen LogP contribution in [-0.4, -0.2) is 40.2 Å². The predicted octanol–water partition coefficient (Wildman–Crippen LogP) is 0.810. The molecule has 4 N–H and O–H groups in total. The first-order chi connectivity index (χ1) is 9.59. The van der Waals surface area contributed by atoms with Gasteiger partial charge in [0.1, 0.15) is 5.75 Å². The molecule has 0 radical (unpaired) electrons. The Morgan fingerprint density at radius 3 is 2.95 bits per heavy atom. The van der Waals surface area contributed by atoms with Gasteiger partial charge in [0.25, 0.3) is 0 Å². The number of nitrogens with one attached hydrogen (secondary N) is 1. The zero-order valence-corrected chi connectivity index (χ0v) is 11.4. The van der Waals surface area contributed by atoms with E-state index in [0.29, 0.717) is 13.1 Å². The molecule has 1 saturated carbocycles. The lowest BCUT2D eigenvalue weighted by Crippen LogP contribution is -2.45. The number of hydrogen-bond acceptors (Lipinski definition) is 4. The molecule has 1 atom stereocenters. The quantitative estimate of drug-likeness (QED) is 0.745. The van der Waals surface area contributed by atoms with E-state index in [-0.39, 0.29) is 23.2 Å². The van der Waals surface area contributed by atoms with Crippen LogP contribution in [0.5, 0.6) is 5.75 Å². The molecule has 3 rings (SSSR count). The predicted molar refractivity (Wildman–Crippen MR) is 74.0 cm³/mol. The maximum Gasteiger partial charge on any atom is 0.317 e. The Kier molecular flexibility index (Phi) is 3.25. The van der Waals surface area contributed by atoms with Crippen molar-refractivity contribution in [3.05, 3.63) is 24.0 Å². The first-order valence-corrected chi connectivity index (χ1v) is 7.00. The number of amides is 2. The van der Waals surface area contributed by atoms with Gasteiger partial charge in [-0.25, -0.2) is 4.79 Å². The largest absolute Gasteiger partial charge is 0.506 e. The topological polar surface area (TPSA) is 91.5 Å². The second-order valence-electron chi connectivity index (χ2n) is 5.91. The molecule has 1 saturated heterocycles. The zero-order chi connectivity index (χ0) is 14.2. The summed E-state index contributed by atoms with van der Waals surface area (Å²) >= 11 is 0. The van der Waals surface area contributed by atoms with Gasteiger partial charge < -0.3 is 21.1 Å². The SMILES string of the molecule is NC1CN(C(=O)NCc2cncc(O)c2)CC12CCC2. The summed E-state index contributed by atoms with van der Waals surface area (Å²) in [6.45, 7) is 1.75. The summed E-state index contributed by atoms with van der Waals surface area (Å²) in [6, 6.07) is 1.60. The number of aromatic nitrogens is 1. The Morgan fingerprint density at radius 1 is 1.55 bits per heavy atom. The summed E-state index contributed by atoms with van der Waals surface area (Å²) in [5.41, 5.74) is 7.11. The van der Waals surface area contributed by atoms with E-state index in [1.165, 1.54) is 12.6 Å². The van der Waals surface area contributed by atoms with E-state index in [9.17, 15) is 9.90 Å². The van der Waals surface area contributed by atoms with E-state index in [1.807, 2.05) is 0 Å². The fourth-order valence-corrected chi connectivity index (χ4v) is 3.17. The zero-order valence-electron chi connectivity index (χ0n) is 11.4. The lowest BCUT2D eigenvalue weighted by Gasteiger charge is -2.41. The molecule has 1 aromatic rings. The summed E-state index contributed by atoms with van der Waals surface area (Å²) < 4.78 is 0. The molecule has 20 heavy (non-hydrogen) atoms. The smallest absolute Gasteiger partial charge is 0.317 e. The standard InChI is InChI=1S/C14H20N4O2/c15-12-8-18(9-14(12)2-1-3-14)13(20)17-6-10-4-11(19)7-16-5-10/h4-5,7,12,19H,1-3,6,8-9,15H2,(H,17,20). The van der Waals surface area contributed by atoms with Gasteiger partial charge in [0.15, 0.2) is 0 Å². The summed E-state index contributed by atoms with van der Waals surface area (Å²) in [7, 11) is 0. The molecule has 2 aliphatic rings. The van der Waals surface area contributed by atoms with Crippen molar-refractivity contribution in [2.24, 2.45) is 11.1 Å². The van der Waals surface area contributed by atoms with Crippen LogP contribution in [0.25, 0.3) is 0 Å². The van der Waals surface area contributed by atoms with Crippen molar-refractivity contribution in [3.8, 4) is 5.75 Å². The summed E-state index contributed by atoms with van der Waals surface area (Å²) in [4.78, 5) is 17.8. The Hall–Kier alpha value is -1.82. The highest BCUT2D eigenvalue weighted by Crippen LogP contribution is 2.47. The van der Waals surface area contributed by atoms with Gasteiger partial charge in [-0.05, 0) is 24.5 Å². The second kappa shape index (κ2) is 4.94. The average Bonchev–Trinajstić information content (AvgIpc) is 2.74. The van der Waals surface area contributed by atoms with E-state index < -0.39 is 0 Å². The van der Waals surface area contributed by atoms with Gasteiger partial charge in [0.05, 0.1) is 6.20 Å². The van der Waals surface area contributed by atoms with E-state index in [2.05, 4.69) is 10.3 Å². The van der Waals surface area contributed by atoms with Crippen LogP contribution in [0.3, 0.4) is 0 Å². The van der Waals surface area contributed by atoms with E-state index in [0.717, 1.165) is 24.9 Å². The molecular formula is C14H20N4O2. The fraction of sp³-hybridized carbons (Fsp3) is 0.571. The maximum absolute atomic E-state index is 12.2. The molecule has 0 aromatic carbocycles. The number of nitrogens with zero attached hydrogens (tertiary/aromatic N) is 2. The highest BCUT2D eigenvalue weighted by Gasteiger charge is 2.49. The highest BCUT2D eigenvalue weighted by molar-refractivity contribution is 5.74. The summed E-state index contributed by atoms with van der Waals surface area (Å²) in [5.74, 6) is 0.105. The van der Waals surface area contributed by atoms with Crippen molar-refractivity contribution < 1.29 is 9.90 Å². The van der Waals surface area contributed by atoms with Gasteiger partial charge in [-0.2, -0.15) is 0 Å². The number of urea groups is 1. The molecule has 6 heteroatoms. The van der Waals surface area contributed by atoms with Gasteiger partial charge in [-0.15, -0.1) is 0 Å². The Balaban J connectivity index is 1.55. The molecule has 1 aliphatic carbocycles. The summed E-state index contributed by atoms with van der Waals surface area (Å²) in [5, 5.41) is 12.2. The van der Waals surface area contributed by atoms with Crippen LogP contribution in [-0.2, 0) is 6.54 Å².